The molecule has 3 rings (SSSR count). The predicted molar refractivity (Wildman–Crippen MR) is 68.0 cm³/mol. The summed E-state index contributed by atoms with van der Waals surface area (Å²) >= 11 is 0. The van der Waals surface area contributed by atoms with Crippen molar-refractivity contribution in [2.24, 2.45) is 5.73 Å². The van der Waals surface area contributed by atoms with Gasteiger partial charge in [-0.1, -0.05) is 0 Å². The quantitative estimate of drug-likeness (QED) is 0.751. The van der Waals surface area contributed by atoms with Crippen LogP contribution in [0, 0.1) is 0 Å². The lowest BCUT2D eigenvalue weighted by atomic mass is 9.92. The third kappa shape index (κ3) is 1.91. The van der Waals surface area contributed by atoms with Crippen LogP contribution in [-0.2, 0) is 4.74 Å². The van der Waals surface area contributed by atoms with Crippen molar-refractivity contribution in [1.29, 1.82) is 0 Å². The Morgan fingerprint density at radius 3 is 2.94 bits per heavy atom. The molecule has 0 spiro atoms. The van der Waals surface area contributed by atoms with Crippen molar-refractivity contribution in [2.45, 2.75) is 43.4 Å². The summed E-state index contributed by atoms with van der Waals surface area (Å²) in [4.78, 5) is 5.13. The molecule has 2 heterocycles. The molecule has 3 atom stereocenters. The molecule has 4 nitrogen and oxygen atoms in total. The third-order valence-electron chi connectivity index (χ3n) is 4.99. The van der Waals surface area contributed by atoms with Gasteiger partial charge in [-0.05, 0) is 39.3 Å². The molecule has 3 aliphatic rings. The van der Waals surface area contributed by atoms with Crippen LogP contribution in [0.3, 0.4) is 0 Å². The van der Waals surface area contributed by atoms with E-state index in [-0.39, 0.29) is 5.54 Å². The number of nitrogens with two attached hydrogens (primary N) is 1. The van der Waals surface area contributed by atoms with E-state index in [0.717, 1.165) is 26.2 Å². The van der Waals surface area contributed by atoms with Crippen LogP contribution in [0.2, 0.25) is 0 Å². The van der Waals surface area contributed by atoms with Crippen LogP contribution in [0.1, 0.15) is 25.7 Å². The van der Waals surface area contributed by atoms with E-state index in [1.165, 1.54) is 32.2 Å². The Kier molecular flexibility index (Phi) is 3.15. The SMILES string of the molecule is CN1CCC(CN)(N2CCOC3CCCC32)C1. The van der Waals surface area contributed by atoms with E-state index in [9.17, 15) is 0 Å². The van der Waals surface area contributed by atoms with Crippen molar-refractivity contribution in [3.05, 3.63) is 0 Å². The van der Waals surface area contributed by atoms with Crippen LogP contribution < -0.4 is 5.73 Å². The van der Waals surface area contributed by atoms with Gasteiger partial charge >= 0.3 is 0 Å². The normalized spacial score (nSPS) is 44.1. The Morgan fingerprint density at radius 1 is 1.35 bits per heavy atom. The summed E-state index contributed by atoms with van der Waals surface area (Å²) in [7, 11) is 2.21. The van der Waals surface area contributed by atoms with E-state index >= 15 is 0 Å². The van der Waals surface area contributed by atoms with Gasteiger partial charge in [0.25, 0.3) is 0 Å². The summed E-state index contributed by atoms with van der Waals surface area (Å²) < 4.78 is 5.91. The fraction of sp³-hybridized carbons (Fsp3) is 1.00. The van der Waals surface area contributed by atoms with Crippen molar-refractivity contribution in [3.8, 4) is 0 Å². The molecule has 0 radical (unpaired) electrons. The standard InChI is InChI=1S/C13H25N3O/c1-15-6-5-13(9-14,10-15)16-7-8-17-12-4-2-3-11(12)16/h11-12H,2-10,14H2,1H3. The number of morpholine rings is 1. The van der Waals surface area contributed by atoms with Gasteiger partial charge < -0.3 is 15.4 Å². The monoisotopic (exact) mass is 239 g/mol. The number of fused-ring (bicyclic) bond motifs is 1. The van der Waals surface area contributed by atoms with Crippen molar-refractivity contribution < 1.29 is 4.74 Å². The van der Waals surface area contributed by atoms with Gasteiger partial charge in [0.05, 0.1) is 12.7 Å². The van der Waals surface area contributed by atoms with Gasteiger partial charge in [-0.15, -0.1) is 0 Å². The predicted octanol–water partition coefficient (Wildman–Crippen LogP) is 0.273. The van der Waals surface area contributed by atoms with Gasteiger partial charge in [-0.25, -0.2) is 0 Å². The van der Waals surface area contributed by atoms with E-state index < -0.39 is 0 Å². The lowest BCUT2D eigenvalue weighted by Crippen LogP contribution is -2.63. The van der Waals surface area contributed by atoms with Crippen molar-refractivity contribution in [1.82, 2.24) is 9.80 Å². The second-order valence-electron chi connectivity index (χ2n) is 6.02. The van der Waals surface area contributed by atoms with Crippen molar-refractivity contribution in [2.75, 3.05) is 39.8 Å². The molecule has 2 saturated heterocycles. The molecule has 0 aromatic rings. The summed E-state index contributed by atoms with van der Waals surface area (Å²) in [5.74, 6) is 0. The average molecular weight is 239 g/mol. The number of ether oxygens (including phenoxy) is 1. The first-order valence-corrected chi connectivity index (χ1v) is 7.02. The number of hydrogen-bond acceptors (Lipinski definition) is 4. The van der Waals surface area contributed by atoms with Crippen LogP contribution in [0.15, 0.2) is 0 Å². The summed E-state index contributed by atoms with van der Waals surface area (Å²) in [6.07, 6.45) is 5.58. The summed E-state index contributed by atoms with van der Waals surface area (Å²) in [6, 6.07) is 0.638. The third-order valence-corrected chi connectivity index (χ3v) is 4.99. The number of likely N-dealkylation sites (N-methyl/N-ethyl adjacent to an activating group) is 1. The number of rotatable bonds is 2. The van der Waals surface area contributed by atoms with Gasteiger partial charge in [0.15, 0.2) is 0 Å². The molecule has 1 aliphatic carbocycles. The Balaban J connectivity index is 1.81. The molecule has 3 fully saturated rings. The Hall–Kier alpha value is -0.160. The average Bonchev–Trinajstić information content (AvgIpc) is 2.95. The molecule has 1 saturated carbocycles. The van der Waals surface area contributed by atoms with Crippen LogP contribution in [0.4, 0.5) is 0 Å². The molecule has 3 unspecified atom stereocenters. The lowest BCUT2D eigenvalue weighted by molar-refractivity contribution is -0.0945. The first-order valence-electron chi connectivity index (χ1n) is 7.02. The highest BCUT2D eigenvalue weighted by Gasteiger charge is 2.48. The molecular formula is C13H25N3O. The molecule has 0 amide bonds. The second kappa shape index (κ2) is 4.50. The maximum Gasteiger partial charge on any atom is 0.0731 e. The first kappa shape index (κ1) is 11.9. The Labute approximate surface area is 104 Å². The summed E-state index contributed by atoms with van der Waals surface area (Å²) in [5.41, 5.74) is 6.36. The Bertz CT molecular complexity index is 286. The lowest BCUT2D eigenvalue weighted by Gasteiger charge is -2.48. The van der Waals surface area contributed by atoms with E-state index in [1.807, 2.05) is 0 Å². The highest BCUT2D eigenvalue weighted by molar-refractivity contribution is 5.05. The maximum atomic E-state index is 6.14. The zero-order chi connectivity index (χ0) is 11.9. The minimum atomic E-state index is 0.228. The largest absolute Gasteiger partial charge is 0.375 e. The number of hydrogen-bond donors (Lipinski definition) is 1. The van der Waals surface area contributed by atoms with Gasteiger partial charge in [0.1, 0.15) is 0 Å². The molecule has 2 N–H and O–H groups in total. The van der Waals surface area contributed by atoms with E-state index in [2.05, 4.69) is 16.8 Å². The minimum absolute atomic E-state index is 0.228. The van der Waals surface area contributed by atoms with Crippen LogP contribution in [0.25, 0.3) is 0 Å². The molecule has 0 aromatic heterocycles. The molecule has 98 valence electrons. The smallest absolute Gasteiger partial charge is 0.0731 e. The van der Waals surface area contributed by atoms with Gasteiger partial charge in [-0.3, -0.25) is 4.90 Å². The minimum Gasteiger partial charge on any atom is -0.375 e. The summed E-state index contributed by atoms with van der Waals surface area (Å²) in [6.45, 7) is 5.08. The van der Waals surface area contributed by atoms with Crippen molar-refractivity contribution >= 4 is 0 Å². The summed E-state index contributed by atoms with van der Waals surface area (Å²) in [5, 5.41) is 0. The fourth-order valence-electron chi connectivity index (χ4n) is 4.09. The van der Waals surface area contributed by atoms with E-state index in [0.29, 0.717) is 12.1 Å². The van der Waals surface area contributed by atoms with Gasteiger partial charge in [0, 0.05) is 31.2 Å². The zero-order valence-electron chi connectivity index (χ0n) is 10.9. The van der Waals surface area contributed by atoms with E-state index in [4.69, 9.17) is 10.5 Å². The molecule has 17 heavy (non-hydrogen) atoms. The molecule has 4 heteroatoms. The van der Waals surface area contributed by atoms with Crippen LogP contribution >= 0.6 is 0 Å². The van der Waals surface area contributed by atoms with Crippen LogP contribution in [0.5, 0.6) is 0 Å². The molecule has 0 bridgehead atoms. The molecule has 2 aliphatic heterocycles. The van der Waals surface area contributed by atoms with Gasteiger partial charge in [0.2, 0.25) is 0 Å². The zero-order valence-corrected chi connectivity index (χ0v) is 10.9. The van der Waals surface area contributed by atoms with E-state index in [1.54, 1.807) is 0 Å². The molecule has 0 aromatic carbocycles. The second-order valence-corrected chi connectivity index (χ2v) is 6.02. The highest BCUT2D eigenvalue weighted by Crippen LogP contribution is 2.37. The van der Waals surface area contributed by atoms with Crippen LogP contribution in [-0.4, -0.2) is 67.3 Å². The highest BCUT2D eigenvalue weighted by atomic mass is 16.5. The van der Waals surface area contributed by atoms with Crippen molar-refractivity contribution in [3.63, 3.8) is 0 Å². The maximum absolute atomic E-state index is 6.14. The topological polar surface area (TPSA) is 41.7 Å². The number of likely N-dealkylation sites (tertiary alicyclic amines) is 1. The molecular weight excluding hydrogens is 214 g/mol. The fourth-order valence-corrected chi connectivity index (χ4v) is 4.09. The number of nitrogens with zero attached hydrogens (tertiary/aromatic N) is 2. The Morgan fingerprint density at radius 2 is 2.24 bits per heavy atom. The first-order chi connectivity index (χ1) is 8.25. The van der Waals surface area contributed by atoms with Gasteiger partial charge in [-0.2, -0.15) is 0 Å².